The number of carbonyl (C=O) groups excluding carboxylic acids is 1. The number of carbonyl (C=O) groups is 1. The quantitative estimate of drug-likeness (QED) is 0.813. The largest absolute Gasteiger partial charge is 0.296 e. The number of nitrogens with zero attached hydrogens (tertiary/aromatic N) is 1. The lowest BCUT2D eigenvalue weighted by Gasteiger charge is -1.99. The van der Waals surface area contributed by atoms with E-state index >= 15 is 0 Å². The van der Waals surface area contributed by atoms with E-state index in [1.54, 1.807) is 17.5 Å². The molecular weight excluding hydrogens is 293 g/mol. The molecule has 0 saturated heterocycles. The standard InChI is InChI=1S/C11H7BrFNOS/c12-9-3-7(1-2-10(9)13)4-11-14-8(5-15)6-16-11/h1-3,5-6H,4H2. The lowest BCUT2D eigenvalue weighted by Crippen LogP contribution is -1.89. The van der Waals surface area contributed by atoms with Gasteiger partial charge in [0, 0.05) is 11.8 Å². The zero-order valence-corrected chi connectivity index (χ0v) is 10.5. The van der Waals surface area contributed by atoms with Crippen molar-refractivity contribution in [2.45, 2.75) is 6.42 Å². The summed E-state index contributed by atoms with van der Waals surface area (Å²) < 4.78 is 13.4. The maximum Gasteiger partial charge on any atom is 0.169 e. The topological polar surface area (TPSA) is 30.0 Å². The normalized spacial score (nSPS) is 10.4. The Kier molecular flexibility index (Phi) is 3.46. The minimum absolute atomic E-state index is 0.281. The van der Waals surface area contributed by atoms with Gasteiger partial charge in [0.05, 0.1) is 9.48 Å². The van der Waals surface area contributed by atoms with Gasteiger partial charge in [-0.25, -0.2) is 9.37 Å². The minimum atomic E-state index is -0.281. The molecule has 0 unspecified atom stereocenters. The predicted molar refractivity (Wildman–Crippen MR) is 64.4 cm³/mol. The van der Waals surface area contributed by atoms with E-state index in [2.05, 4.69) is 20.9 Å². The molecule has 0 aliphatic rings. The van der Waals surface area contributed by atoms with Gasteiger partial charge in [0.25, 0.3) is 0 Å². The summed E-state index contributed by atoms with van der Waals surface area (Å²) in [6, 6.07) is 4.84. The molecule has 2 rings (SSSR count). The number of aromatic nitrogens is 1. The summed E-state index contributed by atoms with van der Waals surface area (Å²) in [5.41, 5.74) is 1.40. The molecule has 16 heavy (non-hydrogen) atoms. The maximum atomic E-state index is 13.0. The predicted octanol–water partition coefficient (Wildman–Crippen LogP) is 3.45. The molecule has 82 valence electrons. The Bertz CT molecular complexity index is 526. The summed E-state index contributed by atoms with van der Waals surface area (Å²) in [5, 5.41) is 2.56. The van der Waals surface area contributed by atoms with Crippen LogP contribution in [0.25, 0.3) is 0 Å². The first-order valence-corrected chi connectivity index (χ1v) is 6.20. The van der Waals surface area contributed by atoms with Crippen LogP contribution in [0.4, 0.5) is 4.39 Å². The molecule has 0 N–H and O–H groups in total. The van der Waals surface area contributed by atoms with Crippen LogP contribution in [0.2, 0.25) is 0 Å². The van der Waals surface area contributed by atoms with Crippen LogP contribution in [0.5, 0.6) is 0 Å². The van der Waals surface area contributed by atoms with Crippen LogP contribution < -0.4 is 0 Å². The van der Waals surface area contributed by atoms with Crippen LogP contribution in [-0.4, -0.2) is 11.3 Å². The number of benzene rings is 1. The van der Waals surface area contributed by atoms with Gasteiger partial charge in [-0.05, 0) is 33.6 Å². The highest BCUT2D eigenvalue weighted by atomic mass is 79.9. The molecule has 2 nitrogen and oxygen atoms in total. The first-order chi connectivity index (χ1) is 7.69. The molecule has 5 heteroatoms. The van der Waals surface area contributed by atoms with Crippen LogP contribution >= 0.6 is 27.3 Å². The first kappa shape index (κ1) is 11.4. The van der Waals surface area contributed by atoms with Gasteiger partial charge in [0.1, 0.15) is 11.5 Å². The van der Waals surface area contributed by atoms with Gasteiger partial charge >= 0.3 is 0 Å². The van der Waals surface area contributed by atoms with Crippen molar-refractivity contribution >= 4 is 33.6 Å². The van der Waals surface area contributed by atoms with E-state index in [1.165, 1.54) is 17.4 Å². The summed E-state index contributed by atoms with van der Waals surface area (Å²) in [6.45, 7) is 0. The molecule has 0 fully saturated rings. The average Bonchev–Trinajstić information content (AvgIpc) is 2.71. The number of aldehydes is 1. The van der Waals surface area contributed by atoms with E-state index in [4.69, 9.17) is 0 Å². The summed E-state index contributed by atoms with van der Waals surface area (Å²) in [5.74, 6) is -0.281. The van der Waals surface area contributed by atoms with Gasteiger partial charge in [-0.1, -0.05) is 6.07 Å². The fraction of sp³-hybridized carbons (Fsp3) is 0.0909. The van der Waals surface area contributed by atoms with Crippen LogP contribution in [0, 0.1) is 5.82 Å². The van der Waals surface area contributed by atoms with Crippen molar-refractivity contribution in [2.24, 2.45) is 0 Å². The van der Waals surface area contributed by atoms with Gasteiger partial charge in [-0.2, -0.15) is 0 Å². The van der Waals surface area contributed by atoms with E-state index in [-0.39, 0.29) is 5.82 Å². The lowest BCUT2D eigenvalue weighted by molar-refractivity contribution is 0.111. The Hall–Kier alpha value is -1.07. The van der Waals surface area contributed by atoms with E-state index < -0.39 is 0 Å². The van der Waals surface area contributed by atoms with Gasteiger partial charge in [0.15, 0.2) is 6.29 Å². The Morgan fingerprint density at radius 3 is 2.94 bits per heavy atom. The lowest BCUT2D eigenvalue weighted by atomic mass is 10.1. The molecule has 0 radical (unpaired) electrons. The Balaban J connectivity index is 2.20. The molecule has 1 aromatic heterocycles. The van der Waals surface area contributed by atoms with Gasteiger partial charge in [-0.15, -0.1) is 11.3 Å². The SMILES string of the molecule is O=Cc1csc(Cc2ccc(F)c(Br)c2)n1. The highest BCUT2D eigenvalue weighted by Gasteiger charge is 2.05. The van der Waals surface area contributed by atoms with E-state index in [0.29, 0.717) is 16.6 Å². The molecule has 0 aliphatic heterocycles. The van der Waals surface area contributed by atoms with Crippen molar-refractivity contribution in [2.75, 3.05) is 0 Å². The molecule has 0 aliphatic carbocycles. The maximum absolute atomic E-state index is 13.0. The molecule has 1 aromatic carbocycles. The highest BCUT2D eigenvalue weighted by molar-refractivity contribution is 9.10. The molecule has 2 aromatic rings. The van der Waals surface area contributed by atoms with Crippen molar-refractivity contribution in [3.05, 3.63) is 50.1 Å². The second-order valence-electron chi connectivity index (χ2n) is 3.21. The number of thiazole rings is 1. The molecule has 0 saturated carbocycles. The summed E-state index contributed by atoms with van der Waals surface area (Å²) >= 11 is 4.56. The van der Waals surface area contributed by atoms with Crippen LogP contribution in [-0.2, 0) is 6.42 Å². The highest BCUT2D eigenvalue weighted by Crippen LogP contribution is 2.20. The third-order valence-electron chi connectivity index (χ3n) is 2.03. The van der Waals surface area contributed by atoms with Crippen molar-refractivity contribution in [1.29, 1.82) is 0 Å². The Morgan fingerprint density at radius 2 is 2.31 bits per heavy atom. The monoisotopic (exact) mass is 299 g/mol. The second-order valence-corrected chi connectivity index (χ2v) is 5.01. The molecule has 0 bridgehead atoms. The van der Waals surface area contributed by atoms with Crippen molar-refractivity contribution in [3.63, 3.8) is 0 Å². The third kappa shape index (κ3) is 2.54. The average molecular weight is 300 g/mol. The number of halogens is 2. The fourth-order valence-corrected chi connectivity index (χ4v) is 2.48. The third-order valence-corrected chi connectivity index (χ3v) is 3.50. The zero-order chi connectivity index (χ0) is 11.5. The van der Waals surface area contributed by atoms with Crippen molar-refractivity contribution < 1.29 is 9.18 Å². The Morgan fingerprint density at radius 1 is 1.50 bits per heavy atom. The van der Waals surface area contributed by atoms with Crippen molar-refractivity contribution in [3.8, 4) is 0 Å². The van der Waals surface area contributed by atoms with Gasteiger partial charge in [-0.3, -0.25) is 4.79 Å². The first-order valence-electron chi connectivity index (χ1n) is 4.52. The molecule has 0 atom stereocenters. The van der Waals surface area contributed by atoms with E-state index in [0.717, 1.165) is 16.9 Å². The summed E-state index contributed by atoms with van der Waals surface area (Å²) in [6.07, 6.45) is 1.33. The number of hydrogen-bond acceptors (Lipinski definition) is 3. The number of hydrogen-bond donors (Lipinski definition) is 0. The summed E-state index contributed by atoms with van der Waals surface area (Å²) in [4.78, 5) is 14.6. The number of rotatable bonds is 3. The molecular formula is C11H7BrFNOS. The second kappa shape index (κ2) is 4.84. The molecule has 0 spiro atoms. The minimum Gasteiger partial charge on any atom is -0.296 e. The van der Waals surface area contributed by atoms with Gasteiger partial charge in [0.2, 0.25) is 0 Å². The molecule has 0 amide bonds. The van der Waals surface area contributed by atoms with Crippen LogP contribution in [0.3, 0.4) is 0 Å². The van der Waals surface area contributed by atoms with Crippen molar-refractivity contribution in [1.82, 2.24) is 4.98 Å². The smallest absolute Gasteiger partial charge is 0.169 e. The van der Waals surface area contributed by atoms with E-state index in [9.17, 15) is 9.18 Å². The van der Waals surface area contributed by atoms with Crippen LogP contribution in [0.1, 0.15) is 21.1 Å². The fourth-order valence-electron chi connectivity index (χ4n) is 1.28. The zero-order valence-electron chi connectivity index (χ0n) is 8.11. The van der Waals surface area contributed by atoms with Gasteiger partial charge < -0.3 is 0 Å². The van der Waals surface area contributed by atoms with Crippen LogP contribution in [0.15, 0.2) is 28.1 Å². The Labute approximate surface area is 104 Å². The molecule has 1 heterocycles. The summed E-state index contributed by atoms with van der Waals surface area (Å²) in [7, 11) is 0. The van der Waals surface area contributed by atoms with E-state index in [1.807, 2.05) is 0 Å².